The summed E-state index contributed by atoms with van der Waals surface area (Å²) in [6.45, 7) is 7.33. The molecule has 0 saturated heterocycles. The molecule has 1 aromatic carbocycles. The normalized spacial score (nSPS) is 11.5. The van der Waals surface area contributed by atoms with E-state index in [9.17, 15) is 4.79 Å². The monoisotopic (exact) mass is 347 g/mol. The van der Waals surface area contributed by atoms with Gasteiger partial charge in [-0.2, -0.15) is 0 Å². The minimum absolute atomic E-state index is 0.0196. The molecule has 0 aromatic heterocycles. The molecule has 21 heavy (non-hydrogen) atoms. The summed E-state index contributed by atoms with van der Waals surface area (Å²) < 4.78 is 0.843. The van der Waals surface area contributed by atoms with E-state index in [1.807, 2.05) is 48.4 Å². The van der Waals surface area contributed by atoms with Crippen molar-refractivity contribution < 1.29 is 4.79 Å². The number of hydrogen-bond acceptors (Lipinski definition) is 2. The third kappa shape index (κ3) is 7.27. The zero-order valence-electron chi connectivity index (χ0n) is 13.1. The van der Waals surface area contributed by atoms with Crippen LogP contribution in [0.25, 0.3) is 0 Å². The minimum Gasteiger partial charge on any atom is -0.295 e. The molecule has 0 heterocycles. The molecule has 0 N–H and O–H groups in total. The maximum atomic E-state index is 12.2. The van der Waals surface area contributed by atoms with Crippen LogP contribution in [0.15, 0.2) is 40.9 Å². The molecular formula is C18H22BrNO. The first kappa shape index (κ1) is 17.7. The van der Waals surface area contributed by atoms with E-state index in [1.54, 1.807) is 0 Å². The van der Waals surface area contributed by atoms with Crippen LogP contribution in [0, 0.1) is 17.3 Å². The second kappa shape index (κ2) is 8.17. The van der Waals surface area contributed by atoms with Crippen molar-refractivity contribution >= 4 is 21.7 Å². The minimum atomic E-state index is 0.0196. The number of hydrogen-bond donors (Lipinski definition) is 0. The summed E-state index contributed by atoms with van der Waals surface area (Å²) in [7, 11) is 1.93. The highest BCUT2D eigenvalue weighted by molar-refractivity contribution is 9.10. The highest BCUT2D eigenvalue weighted by atomic mass is 79.9. The molecule has 1 aromatic rings. The van der Waals surface area contributed by atoms with Gasteiger partial charge in [0, 0.05) is 22.0 Å². The van der Waals surface area contributed by atoms with Gasteiger partial charge in [-0.15, -0.1) is 0 Å². The number of ketones is 1. The van der Waals surface area contributed by atoms with Gasteiger partial charge in [0.15, 0.2) is 5.78 Å². The zero-order valence-corrected chi connectivity index (χ0v) is 14.7. The van der Waals surface area contributed by atoms with Crippen LogP contribution >= 0.6 is 15.9 Å². The maximum absolute atomic E-state index is 12.2. The molecule has 0 spiro atoms. The summed E-state index contributed by atoms with van der Waals surface area (Å²) >= 11 is 3.41. The van der Waals surface area contributed by atoms with Crippen molar-refractivity contribution in [3.8, 4) is 11.8 Å². The molecule has 2 nitrogen and oxygen atoms in total. The molecular weight excluding hydrogens is 326 g/mol. The van der Waals surface area contributed by atoms with Gasteiger partial charge in [0.2, 0.25) is 0 Å². The van der Waals surface area contributed by atoms with Crippen LogP contribution in [0.2, 0.25) is 0 Å². The van der Waals surface area contributed by atoms with Crippen LogP contribution in [-0.4, -0.2) is 30.8 Å². The lowest BCUT2D eigenvalue weighted by molar-refractivity contribution is 0.0951. The third-order valence-electron chi connectivity index (χ3n) is 2.65. The predicted octanol–water partition coefficient (Wildman–Crippen LogP) is 4.17. The van der Waals surface area contributed by atoms with Gasteiger partial charge in [0.05, 0.1) is 6.54 Å². The van der Waals surface area contributed by atoms with Crippen molar-refractivity contribution in [1.82, 2.24) is 4.90 Å². The summed E-state index contributed by atoms with van der Waals surface area (Å²) in [6, 6.07) is 7.50. The summed E-state index contributed by atoms with van der Waals surface area (Å²) in [5, 5.41) is 0. The molecule has 0 amide bonds. The molecule has 0 aliphatic heterocycles. The second-order valence-electron chi connectivity index (χ2n) is 6.02. The zero-order chi connectivity index (χ0) is 15.9. The van der Waals surface area contributed by atoms with Crippen LogP contribution in [0.1, 0.15) is 31.1 Å². The summed E-state index contributed by atoms with van der Waals surface area (Å²) in [6.07, 6.45) is 3.83. The SMILES string of the molecule is CN(CC=CC#CC(C)(C)C)CC(=O)c1ccccc1Br. The van der Waals surface area contributed by atoms with E-state index < -0.39 is 0 Å². The largest absolute Gasteiger partial charge is 0.295 e. The van der Waals surface area contributed by atoms with Gasteiger partial charge < -0.3 is 0 Å². The molecule has 0 fully saturated rings. The van der Waals surface area contributed by atoms with Crippen molar-refractivity contribution in [1.29, 1.82) is 0 Å². The number of allylic oxidation sites excluding steroid dienone is 1. The van der Waals surface area contributed by atoms with E-state index in [-0.39, 0.29) is 11.2 Å². The van der Waals surface area contributed by atoms with Crippen LogP contribution in [-0.2, 0) is 0 Å². The Morgan fingerprint density at radius 1 is 1.33 bits per heavy atom. The van der Waals surface area contributed by atoms with E-state index in [1.165, 1.54) is 0 Å². The Morgan fingerprint density at radius 2 is 2.00 bits per heavy atom. The van der Waals surface area contributed by atoms with E-state index in [2.05, 4.69) is 48.5 Å². The fraction of sp³-hybridized carbons (Fsp3) is 0.389. The van der Waals surface area contributed by atoms with Gasteiger partial charge in [0.1, 0.15) is 0 Å². The van der Waals surface area contributed by atoms with Gasteiger partial charge >= 0.3 is 0 Å². The summed E-state index contributed by atoms with van der Waals surface area (Å²) in [5.74, 6) is 6.28. The van der Waals surface area contributed by atoms with E-state index in [0.717, 1.165) is 10.0 Å². The molecule has 0 bridgehead atoms. The van der Waals surface area contributed by atoms with Gasteiger partial charge in [-0.1, -0.05) is 52.0 Å². The number of carbonyl (C=O) groups is 1. The van der Waals surface area contributed by atoms with Crippen LogP contribution in [0.4, 0.5) is 0 Å². The van der Waals surface area contributed by atoms with Crippen molar-refractivity contribution in [2.75, 3.05) is 20.1 Å². The quantitative estimate of drug-likeness (QED) is 0.588. The average molecular weight is 348 g/mol. The number of halogens is 1. The van der Waals surface area contributed by atoms with Crippen molar-refractivity contribution in [3.05, 3.63) is 46.5 Å². The molecule has 0 aliphatic carbocycles. The Balaban J connectivity index is 2.49. The van der Waals surface area contributed by atoms with Crippen LogP contribution < -0.4 is 0 Å². The van der Waals surface area contributed by atoms with Crippen molar-refractivity contribution in [2.24, 2.45) is 5.41 Å². The fourth-order valence-corrected chi connectivity index (χ4v) is 2.14. The first-order chi connectivity index (χ1) is 9.79. The highest BCUT2D eigenvalue weighted by Gasteiger charge is 2.11. The number of Topliss-reactive ketones (excluding diaryl/α,β-unsaturated/α-hetero) is 1. The number of carbonyl (C=O) groups excluding carboxylic acids is 1. The molecule has 112 valence electrons. The molecule has 3 heteroatoms. The molecule has 0 aliphatic rings. The van der Waals surface area contributed by atoms with Gasteiger partial charge in [-0.25, -0.2) is 0 Å². The molecule has 0 saturated carbocycles. The fourth-order valence-electron chi connectivity index (χ4n) is 1.63. The van der Waals surface area contributed by atoms with E-state index in [4.69, 9.17) is 0 Å². The van der Waals surface area contributed by atoms with Gasteiger partial charge in [-0.3, -0.25) is 9.69 Å². The lowest BCUT2D eigenvalue weighted by Gasteiger charge is -2.13. The molecule has 0 radical (unpaired) electrons. The molecule has 1 rings (SSSR count). The number of likely N-dealkylation sites (N-methyl/N-ethyl adjacent to an activating group) is 1. The Morgan fingerprint density at radius 3 is 2.62 bits per heavy atom. The first-order valence-electron chi connectivity index (χ1n) is 6.93. The topological polar surface area (TPSA) is 20.3 Å². The number of rotatable bonds is 5. The van der Waals surface area contributed by atoms with E-state index >= 15 is 0 Å². The maximum Gasteiger partial charge on any atom is 0.177 e. The van der Waals surface area contributed by atoms with Gasteiger partial charge in [0.25, 0.3) is 0 Å². The lowest BCUT2D eigenvalue weighted by atomic mass is 9.98. The average Bonchev–Trinajstić information content (AvgIpc) is 2.37. The summed E-state index contributed by atoms with van der Waals surface area (Å²) in [4.78, 5) is 14.1. The Labute approximate surface area is 136 Å². The smallest absolute Gasteiger partial charge is 0.177 e. The van der Waals surface area contributed by atoms with Crippen molar-refractivity contribution in [2.45, 2.75) is 20.8 Å². The highest BCUT2D eigenvalue weighted by Crippen LogP contribution is 2.16. The number of benzene rings is 1. The molecule has 0 atom stereocenters. The van der Waals surface area contributed by atoms with Crippen LogP contribution in [0.3, 0.4) is 0 Å². The Bertz CT molecular complexity index is 573. The molecule has 0 unspecified atom stereocenters. The number of nitrogens with zero attached hydrogens (tertiary/aromatic N) is 1. The van der Waals surface area contributed by atoms with E-state index in [0.29, 0.717) is 13.1 Å². The summed E-state index contributed by atoms with van der Waals surface area (Å²) in [5.41, 5.74) is 0.743. The standard InChI is InChI=1S/C18H22BrNO/c1-18(2,3)12-8-5-9-13-20(4)14-17(21)15-10-6-7-11-16(15)19/h5-7,9-11H,13-14H2,1-4H3. The second-order valence-corrected chi connectivity index (χ2v) is 6.88. The Kier molecular flexibility index (Phi) is 6.87. The van der Waals surface area contributed by atoms with Crippen LogP contribution in [0.5, 0.6) is 0 Å². The predicted molar refractivity (Wildman–Crippen MR) is 92.3 cm³/mol. The first-order valence-corrected chi connectivity index (χ1v) is 7.73. The Hall–Kier alpha value is -1.37. The van der Waals surface area contributed by atoms with Gasteiger partial charge in [-0.05, 0) is 40.0 Å². The van der Waals surface area contributed by atoms with Crippen molar-refractivity contribution in [3.63, 3.8) is 0 Å². The third-order valence-corrected chi connectivity index (χ3v) is 3.34. The lowest BCUT2D eigenvalue weighted by Crippen LogP contribution is -2.26.